The highest BCUT2D eigenvalue weighted by Crippen LogP contribution is 2.12. The molecule has 2 atom stereocenters. The molecule has 2 N–H and O–H groups in total. The summed E-state index contributed by atoms with van der Waals surface area (Å²) in [6, 6.07) is 8.58. The van der Waals surface area contributed by atoms with Crippen LogP contribution >= 0.6 is 0 Å². The topological polar surface area (TPSA) is 35.5 Å². The maximum atomic E-state index is 9.29. The molecule has 3 nitrogen and oxygen atoms in total. The third-order valence-corrected chi connectivity index (χ3v) is 3.02. The molecule has 0 amide bonds. The molecule has 0 saturated carbocycles. The Morgan fingerprint density at radius 2 is 1.78 bits per heavy atom. The summed E-state index contributed by atoms with van der Waals surface area (Å²) in [6.45, 7) is 5.84. The van der Waals surface area contributed by atoms with Gasteiger partial charge in [-0.05, 0) is 43.5 Å². The highest BCUT2D eigenvalue weighted by atomic mass is 16.3. The van der Waals surface area contributed by atoms with Crippen molar-refractivity contribution in [1.29, 1.82) is 0 Å². The highest BCUT2D eigenvalue weighted by molar-refractivity contribution is 5.45. The van der Waals surface area contributed by atoms with Gasteiger partial charge in [-0.2, -0.15) is 0 Å². The molecular formula is C15H26N2O. The predicted molar refractivity (Wildman–Crippen MR) is 77.9 cm³/mol. The third-order valence-electron chi connectivity index (χ3n) is 3.02. The molecule has 0 aliphatic heterocycles. The average molecular weight is 250 g/mol. The van der Waals surface area contributed by atoms with Crippen LogP contribution in [0.15, 0.2) is 24.3 Å². The summed E-state index contributed by atoms with van der Waals surface area (Å²) in [5.74, 6) is 0.506. The number of aliphatic hydroxyl groups is 1. The highest BCUT2D eigenvalue weighted by Gasteiger charge is 2.05. The first-order valence-corrected chi connectivity index (χ1v) is 6.64. The Balaban J connectivity index is 2.31. The molecular weight excluding hydrogens is 224 g/mol. The number of rotatable bonds is 7. The first-order chi connectivity index (χ1) is 8.49. The van der Waals surface area contributed by atoms with Crippen molar-refractivity contribution in [3.63, 3.8) is 0 Å². The van der Waals surface area contributed by atoms with Gasteiger partial charge in [-0.15, -0.1) is 0 Å². The van der Waals surface area contributed by atoms with E-state index < -0.39 is 0 Å². The van der Waals surface area contributed by atoms with Crippen LogP contribution in [-0.2, 0) is 6.54 Å². The molecule has 3 heteroatoms. The molecule has 0 heterocycles. The Kier molecular flexibility index (Phi) is 6.16. The summed E-state index contributed by atoms with van der Waals surface area (Å²) in [6.07, 6.45) is 0.646. The van der Waals surface area contributed by atoms with Gasteiger partial charge in [-0.1, -0.05) is 19.1 Å². The molecule has 102 valence electrons. The molecule has 0 aliphatic rings. The van der Waals surface area contributed by atoms with Crippen LogP contribution in [0.3, 0.4) is 0 Å². The lowest BCUT2D eigenvalue weighted by Gasteiger charge is -2.15. The van der Waals surface area contributed by atoms with Crippen LogP contribution in [-0.4, -0.2) is 31.9 Å². The lowest BCUT2D eigenvalue weighted by atomic mass is 10.0. The van der Waals surface area contributed by atoms with Crippen LogP contribution in [0.5, 0.6) is 0 Å². The van der Waals surface area contributed by atoms with Crippen molar-refractivity contribution in [2.24, 2.45) is 5.92 Å². The molecule has 2 unspecified atom stereocenters. The third kappa shape index (κ3) is 5.52. The predicted octanol–water partition coefficient (Wildman–Crippen LogP) is 2.25. The molecule has 0 bridgehead atoms. The van der Waals surface area contributed by atoms with Gasteiger partial charge < -0.3 is 15.3 Å². The average Bonchev–Trinajstić information content (AvgIpc) is 2.28. The smallest absolute Gasteiger partial charge is 0.0515 e. The molecule has 0 aromatic heterocycles. The molecule has 0 saturated heterocycles. The van der Waals surface area contributed by atoms with E-state index in [1.165, 1.54) is 11.3 Å². The number of hydrogen-bond acceptors (Lipinski definition) is 3. The van der Waals surface area contributed by atoms with Crippen LogP contribution in [0, 0.1) is 5.92 Å². The van der Waals surface area contributed by atoms with Crippen molar-refractivity contribution in [2.45, 2.75) is 32.9 Å². The second kappa shape index (κ2) is 7.39. The van der Waals surface area contributed by atoms with Gasteiger partial charge in [0, 0.05) is 26.3 Å². The fourth-order valence-electron chi connectivity index (χ4n) is 2.04. The lowest BCUT2D eigenvalue weighted by Crippen LogP contribution is -2.23. The van der Waals surface area contributed by atoms with E-state index in [-0.39, 0.29) is 6.10 Å². The summed E-state index contributed by atoms with van der Waals surface area (Å²) >= 11 is 0. The van der Waals surface area contributed by atoms with Crippen LogP contribution in [0.1, 0.15) is 25.8 Å². The maximum absolute atomic E-state index is 9.29. The van der Waals surface area contributed by atoms with E-state index in [0.29, 0.717) is 5.92 Å². The van der Waals surface area contributed by atoms with Crippen LogP contribution in [0.25, 0.3) is 0 Å². The van der Waals surface area contributed by atoms with Crippen molar-refractivity contribution in [3.8, 4) is 0 Å². The van der Waals surface area contributed by atoms with Gasteiger partial charge in [0.15, 0.2) is 0 Å². The molecule has 18 heavy (non-hydrogen) atoms. The summed E-state index contributed by atoms with van der Waals surface area (Å²) < 4.78 is 0. The Morgan fingerprint density at radius 3 is 2.28 bits per heavy atom. The summed E-state index contributed by atoms with van der Waals surface area (Å²) in [4.78, 5) is 2.10. The summed E-state index contributed by atoms with van der Waals surface area (Å²) in [7, 11) is 4.09. The van der Waals surface area contributed by atoms with Crippen LogP contribution < -0.4 is 10.2 Å². The van der Waals surface area contributed by atoms with Crippen molar-refractivity contribution < 1.29 is 5.11 Å². The Morgan fingerprint density at radius 1 is 1.17 bits per heavy atom. The lowest BCUT2D eigenvalue weighted by molar-refractivity contribution is 0.163. The van der Waals surface area contributed by atoms with Crippen molar-refractivity contribution >= 4 is 5.69 Å². The normalized spacial score (nSPS) is 14.3. The molecule has 0 fully saturated rings. The zero-order chi connectivity index (χ0) is 13.5. The fourth-order valence-corrected chi connectivity index (χ4v) is 2.04. The van der Waals surface area contributed by atoms with Gasteiger partial charge in [0.05, 0.1) is 6.10 Å². The number of nitrogens with zero attached hydrogens (tertiary/aromatic N) is 1. The quantitative estimate of drug-likeness (QED) is 0.779. The van der Waals surface area contributed by atoms with E-state index in [0.717, 1.165) is 19.5 Å². The number of aliphatic hydroxyl groups excluding tert-OH is 1. The summed E-state index contributed by atoms with van der Waals surface area (Å²) in [5.41, 5.74) is 2.52. The minimum absolute atomic E-state index is 0.207. The van der Waals surface area contributed by atoms with E-state index >= 15 is 0 Å². The Hall–Kier alpha value is -1.06. The minimum atomic E-state index is -0.207. The van der Waals surface area contributed by atoms with Gasteiger partial charge in [0.25, 0.3) is 0 Å². The van der Waals surface area contributed by atoms with Crippen LogP contribution in [0.2, 0.25) is 0 Å². The minimum Gasteiger partial charge on any atom is -0.393 e. The van der Waals surface area contributed by atoms with Crippen LogP contribution in [0.4, 0.5) is 5.69 Å². The first-order valence-electron chi connectivity index (χ1n) is 6.64. The van der Waals surface area contributed by atoms with E-state index in [1.807, 2.05) is 21.0 Å². The Bertz CT molecular complexity index is 333. The number of anilines is 1. The molecule has 0 aliphatic carbocycles. The number of benzene rings is 1. The van der Waals surface area contributed by atoms with E-state index in [1.54, 1.807) is 0 Å². The number of nitrogens with one attached hydrogen (secondary N) is 1. The second-order valence-electron chi connectivity index (χ2n) is 5.38. The van der Waals surface area contributed by atoms with E-state index in [4.69, 9.17) is 0 Å². The van der Waals surface area contributed by atoms with Gasteiger partial charge in [-0.25, -0.2) is 0 Å². The van der Waals surface area contributed by atoms with E-state index in [9.17, 15) is 5.11 Å². The fraction of sp³-hybridized carbons (Fsp3) is 0.600. The van der Waals surface area contributed by atoms with Gasteiger partial charge >= 0.3 is 0 Å². The monoisotopic (exact) mass is 250 g/mol. The Labute approximate surface area is 111 Å². The number of hydrogen-bond donors (Lipinski definition) is 2. The largest absolute Gasteiger partial charge is 0.393 e. The molecule has 0 spiro atoms. The standard InChI is InChI=1S/C15H26N2O/c1-12(9-13(2)18)10-16-11-14-5-7-15(8-6-14)17(3)4/h5-8,12-13,16,18H,9-11H2,1-4H3. The maximum Gasteiger partial charge on any atom is 0.0515 e. The van der Waals surface area contributed by atoms with Gasteiger partial charge in [-0.3, -0.25) is 0 Å². The molecule has 1 rings (SSSR count). The zero-order valence-electron chi connectivity index (χ0n) is 12.0. The molecule has 1 aromatic carbocycles. The first kappa shape index (κ1) is 15.0. The zero-order valence-corrected chi connectivity index (χ0v) is 12.0. The SMILES string of the molecule is CC(O)CC(C)CNCc1ccc(N(C)C)cc1. The van der Waals surface area contributed by atoms with Crippen molar-refractivity contribution in [1.82, 2.24) is 5.32 Å². The summed E-state index contributed by atoms with van der Waals surface area (Å²) in [5, 5.41) is 12.7. The second-order valence-corrected chi connectivity index (χ2v) is 5.38. The van der Waals surface area contributed by atoms with Gasteiger partial charge in [0.2, 0.25) is 0 Å². The molecule has 1 aromatic rings. The van der Waals surface area contributed by atoms with Crippen molar-refractivity contribution in [3.05, 3.63) is 29.8 Å². The van der Waals surface area contributed by atoms with Crippen molar-refractivity contribution in [2.75, 3.05) is 25.5 Å². The van der Waals surface area contributed by atoms with E-state index in [2.05, 4.69) is 41.4 Å². The molecule has 0 radical (unpaired) electrons. The van der Waals surface area contributed by atoms with Gasteiger partial charge in [0.1, 0.15) is 0 Å².